The first kappa shape index (κ1) is 18.7. The Hall–Kier alpha value is -2.69. The highest BCUT2D eigenvalue weighted by atomic mass is 35.5. The maximum absolute atomic E-state index is 6.41. The second-order valence-corrected chi connectivity index (χ2v) is 7.58. The maximum Gasteiger partial charge on any atom is 0.159 e. The Morgan fingerprint density at radius 3 is 2.61 bits per heavy atom. The molecule has 0 radical (unpaired) electrons. The van der Waals surface area contributed by atoms with Gasteiger partial charge in [-0.2, -0.15) is 0 Å². The molecule has 0 spiro atoms. The summed E-state index contributed by atoms with van der Waals surface area (Å²) in [6, 6.07) is 20.3. The van der Waals surface area contributed by atoms with Gasteiger partial charge in [0, 0.05) is 28.9 Å². The Morgan fingerprint density at radius 1 is 1.00 bits per heavy atom. The molecule has 28 heavy (non-hydrogen) atoms. The summed E-state index contributed by atoms with van der Waals surface area (Å²) in [4.78, 5) is 14.2. The fourth-order valence-corrected chi connectivity index (χ4v) is 3.66. The molecule has 0 aliphatic carbocycles. The molecule has 1 aliphatic rings. The zero-order valence-corrected chi connectivity index (χ0v) is 16.9. The summed E-state index contributed by atoms with van der Waals surface area (Å²) in [5.74, 6) is 0.871. The van der Waals surface area contributed by atoms with E-state index in [2.05, 4.69) is 47.1 Å². The first-order chi connectivity index (χ1) is 13.6. The fraction of sp³-hybridized carbons (Fsp3) is 0.217. The summed E-state index contributed by atoms with van der Waals surface area (Å²) in [7, 11) is 4.19. The van der Waals surface area contributed by atoms with E-state index in [0.29, 0.717) is 5.02 Å². The van der Waals surface area contributed by atoms with E-state index in [0.717, 1.165) is 53.5 Å². The summed E-state index contributed by atoms with van der Waals surface area (Å²) in [6.45, 7) is 1.84. The lowest BCUT2D eigenvalue weighted by Gasteiger charge is -2.26. The van der Waals surface area contributed by atoms with E-state index in [1.165, 1.54) is 0 Å². The highest BCUT2D eigenvalue weighted by Gasteiger charge is 2.24. The van der Waals surface area contributed by atoms with Crippen molar-refractivity contribution in [3.63, 3.8) is 0 Å². The average Bonchev–Trinajstić information content (AvgIpc) is 2.83. The highest BCUT2D eigenvalue weighted by molar-refractivity contribution is 6.31. The third-order valence-corrected chi connectivity index (χ3v) is 5.03. The third kappa shape index (κ3) is 3.79. The van der Waals surface area contributed by atoms with Crippen LogP contribution in [0.5, 0.6) is 0 Å². The highest BCUT2D eigenvalue weighted by Crippen LogP contribution is 2.40. The smallest absolute Gasteiger partial charge is 0.159 e. The molecule has 0 atom stereocenters. The van der Waals surface area contributed by atoms with Crippen LogP contribution in [0.4, 0.5) is 17.2 Å². The zero-order valence-electron chi connectivity index (χ0n) is 16.1. The molecule has 0 amide bonds. The minimum Gasteiger partial charge on any atom is -0.324 e. The molecule has 0 bridgehead atoms. The maximum atomic E-state index is 6.41. The predicted octanol–water partition coefficient (Wildman–Crippen LogP) is 5.31. The summed E-state index contributed by atoms with van der Waals surface area (Å²) in [5.41, 5.74) is 5.01. The number of nitrogens with zero attached hydrogens (tertiary/aromatic N) is 4. The van der Waals surface area contributed by atoms with Crippen molar-refractivity contribution >= 4 is 34.5 Å². The van der Waals surface area contributed by atoms with Gasteiger partial charge in [-0.15, -0.1) is 0 Å². The van der Waals surface area contributed by atoms with Crippen LogP contribution in [-0.2, 0) is 0 Å². The number of hydrogen-bond acceptors (Lipinski definition) is 4. The van der Waals surface area contributed by atoms with E-state index in [1.54, 1.807) is 0 Å². The van der Waals surface area contributed by atoms with Crippen molar-refractivity contribution in [1.29, 1.82) is 0 Å². The lowest BCUT2D eigenvalue weighted by molar-refractivity contribution is 0.402. The van der Waals surface area contributed by atoms with E-state index in [-0.39, 0.29) is 0 Å². The van der Waals surface area contributed by atoms with Crippen molar-refractivity contribution in [2.75, 3.05) is 32.1 Å². The van der Waals surface area contributed by atoms with Crippen molar-refractivity contribution in [2.45, 2.75) is 6.42 Å². The monoisotopic (exact) mass is 390 g/mol. The van der Waals surface area contributed by atoms with Crippen LogP contribution < -0.4 is 4.90 Å². The van der Waals surface area contributed by atoms with Gasteiger partial charge in [-0.05, 0) is 57.4 Å². The third-order valence-electron chi connectivity index (χ3n) is 4.79. The number of aromatic nitrogens is 1. The lowest BCUT2D eigenvalue weighted by atomic mass is 10.00. The molecule has 5 heteroatoms. The molecule has 0 N–H and O–H groups in total. The standard InChI is InChI=1S/C23H23ClN4/c1-27(2)14-7-15-28-21-16-18(24)11-12-19(21)22(17-8-4-3-5-9-17)26-20-10-6-13-25-23(20)28/h3-6,8-13,16H,7,14-15H2,1-2H3. The number of pyridine rings is 1. The van der Waals surface area contributed by atoms with Gasteiger partial charge < -0.3 is 9.80 Å². The van der Waals surface area contributed by atoms with Crippen molar-refractivity contribution in [3.05, 3.63) is 83.0 Å². The number of fused-ring (bicyclic) bond motifs is 2. The van der Waals surface area contributed by atoms with Gasteiger partial charge in [-0.25, -0.2) is 9.98 Å². The van der Waals surface area contributed by atoms with Crippen LogP contribution in [0.2, 0.25) is 5.02 Å². The minimum atomic E-state index is 0.711. The number of hydrogen-bond donors (Lipinski definition) is 0. The van der Waals surface area contributed by atoms with Crippen LogP contribution >= 0.6 is 11.6 Å². The van der Waals surface area contributed by atoms with Gasteiger partial charge in [0.25, 0.3) is 0 Å². The molecule has 0 saturated heterocycles. The average molecular weight is 391 g/mol. The molecule has 2 aromatic carbocycles. The second kappa shape index (κ2) is 8.13. The van der Waals surface area contributed by atoms with Crippen LogP contribution in [0, 0.1) is 0 Å². The lowest BCUT2D eigenvalue weighted by Crippen LogP contribution is -2.24. The molecular weight excluding hydrogens is 368 g/mol. The van der Waals surface area contributed by atoms with Gasteiger partial charge in [0.2, 0.25) is 0 Å². The Balaban J connectivity index is 1.89. The van der Waals surface area contributed by atoms with Crippen molar-refractivity contribution < 1.29 is 0 Å². The molecule has 2 heterocycles. The largest absolute Gasteiger partial charge is 0.324 e. The molecule has 142 valence electrons. The Kier molecular flexibility index (Phi) is 5.42. The van der Waals surface area contributed by atoms with E-state index >= 15 is 0 Å². The first-order valence-corrected chi connectivity index (χ1v) is 9.82. The Bertz CT molecular complexity index is 998. The number of anilines is 2. The van der Waals surface area contributed by atoms with Crippen molar-refractivity contribution in [2.24, 2.45) is 4.99 Å². The quantitative estimate of drug-likeness (QED) is 0.591. The van der Waals surface area contributed by atoms with E-state index in [1.807, 2.05) is 48.7 Å². The van der Waals surface area contributed by atoms with E-state index < -0.39 is 0 Å². The molecule has 0 unspecified atom stereocenters. The normalized spacial score (nSPS) is 13.0. The molecule has 0 saturated carbocycles. The van der Waals surface area contributed by atoms with Crippen molar-refractivity contribution in [3.8, 4) is 0 Å². The topological polar surface area (TPSA) is 31.7 Å². The number of benzene rings is 2. The summed E-state index contributed by atoms with van der Waals surface area (Å²) in [6.07, 6.45) is 2.83. The summed E-state index contributed by atoms with van der Waals surface area (Å²) < 4.78 is 0. The molecule has 0 fully saturated rings. The molecule has 4 rings (SSSR count). The van der Waals surface area contributed by atoms with Gasteiger partial charge in [0.05, 0.1) is 11.4 Å². The molecule has 3 aromatic rings. The van der Waals surface area contributed by atoms with E-state index in [4.69, 9.17) is 16.6 Å². The van der Waals surface area contributed by atoms with Crippen molar-refractivity contribution in [1.82, 2.24) is 9.88 Å². The van der Waals surface area contributed by atoms with Crippen LogP contribution in [0.25, 0.3) is 0 Å². The van der Waals surface area contributed by atoms with Gasteiger partial charge in [0.1, 0.15) is 5.69 Å². The van der Waals surface area contributed by atoms with Gasteiger partial charge in [-0.1, -0.05) is 41.9 Å². The van der Waals surface area contributed by atoms with Gasteiger partial charge >= 0.3 is 0 Å². The van der Waals surface area contributed by atoms with Crippen LogP contribution in [-0.4, -0.2) is 42.8 Å². The molecule has 1 aliphatic heterocycles. The molecule has 4 nitrogen and oxygen atoms in total. The number of rotatable bonds is 5. The summed E-state index contributed by atoms with van der Waals surface area (Å²) in [5, 5.41) is 0.711. The predicted molar refractivity (Wildman–Crippen MR) is 118 cm³/mol. The second-order valence-electron chi connectivity index (χ2n) is 7.14. The zero-order chi connectivity index (χ0) is 19.5. The van der Waals surface area contributed by atoms with Crippen LogP contribution in [0.15, 0.2) is 71.9 Å². The Labute approximate surface area is 171 Å². The molecular formula is C23H23ClN4. The van der Waals surface area contributed by atoms with Crippen LogP contribution in [0.3, 0.4) is 0 Å². The number of halogens is 1. The fourth-order valence-electron chi connectivity index (χ4n) is 3.49. The van der Waals surface area contributed by atoms with Crippen LogP contribution in [0.1, 0.15) is 17.5 Å². The SMILES string of the molecule is CN(C)CCCN1c2cc(Cl)ccc2C(c2ccccc2)=Nc2cccnc21. The minimum absolute atomic E-state index is 0.711. The number of aliphatic imine (C=N–C) groups is 1. The van der Waals surface area contributed by atoms with E-state index in [9.17, 15) is 0 Å². The van der Waals surface area contributed by atoms with Gasteiger partial charge in [-0.3, -0.25) is 0 Å². The molecule has 1 aromatic heterocycles. The van der Waals surface area contributed by atoms with Gasteiger partial charge in [0.15, 0.2) is 5.82 Å². The summed E-state index contributed by atoms with van der Waals surface area (Å²) >= 11 is 6.41. The first-order valence-electron chi connectivity index (χ1n) is 9.45. The Morgan fingerprint density at radius 2 is 1.82 bits per heavy atom.